The number of rotatable bonds is 5. The molecule has 1 saturated heterocycles. The summed E-state index contributed by atoms with van der Waals surface area (Å²) in [6, 6.07) is 25.2. The molecule has 0 saturated carbocycles. The average molecular weight is 390 g/mol. The molecule has 0 N–H and O–H groups in total. The fraction of sp³-hybridized carbons (Fsp3) is 0.208. The van der Waals surface area contributed by atoms with Gasteiger partial charge in [0.05, 0.1) is 11.2 Å². The van der Waals surface area contributed by atoms with Crippen molar-refractivity contribution in [1.82, 2.24) is 9.91 Å². The highest BCUT2D eigenvalue weighted by Gasteiger charge is 2.16. The van der Waals surface area contributed by atoms with E-state index in [-0.39, 0.29) is 0 Å². The minimum absolute atomic E-state index is 0.643. The third kappa shape index (κ3) is 4.80. The zero-order valence-corrected chi connectivity index (χ0v) is 16.6. The number of hydrogen-bond acceptors (Lipinski definition) is 3. The minimum Gasteiger partial charge on any atom is -0.295 e. The van der Waals surface area contributed by atoms with Gasteiger partial charge in [0.2, 0.25) is 0 Å². The molecule has 0 atom stereocenters. The second-order valence-corrected chi connectivity index (χ2v) is 7.49. The SMILES string of the molecule is ClC(/C=N/N1CCN(Cc2cccc3ccccc23)CC1)=C/c1ccccc1. The summed E-state index contributed by atoms with van der Waals surface area (Å²) in [5, 5.41) is 9.95. The molecular weight excluding hydrogens is 366 g/mol. The Kier molecular flexibility index (Phi) is 6.05. The van der Waals surface area contributed by atoms with Gasteiger partial charge >= 0.3 is 0 Å². The summed E-state index contributed by atoms with van der Waals surface area (Å²) >= 11 is 6.30. The quantitative estimate of drug-likeness (QED) is 0.557. The third-order valence-corrected chi connectivity index (χ3v) is 5.28. The van der Waals surface area contributed by atoms with E-state index in [0.29, 0.717) is 5.03 Å². The van der Waals surface area contributed by atoms with Crippen LogP contribution in [0.4, 0.5) is 0 Å². The van der Waals surface area contributed by atoms with Crippen LogP contribution in [0.1, 0.15) is 11.1 Å². The molecule has 0 aromatic heterocycles. The highest BCUT2D eigenvalue weighted by Crippen LogP contribution is 2.20. The molecule has 0 unspecified atom stereocenters. The van der Waals surface area contributed by atoms with E-state index in [4.69, 9.17) is 11.6 Å². The van der Waals surface area contributed by atoms with E-state index in [0.717, 1.165) is 38.3 Å². The normalized spacial score (nSPS) is 16.2. The maximum Gasteiger partial charge on any atom is 0.0657 e. The van der Waals surface area contributed by atoms with Crippen LogP contribution in [0.3, 0.4) is 0 Å². The molecule has 1 heterocycles. The predicted molar refractivity (Wildman–Crippen MR) is 120 cm³/mol. The van der Waals surface area contributed by atoms with Crippen LogP contribution in [-0.4, -0.2) is 42.3 Å². The van der Waals surface area contributed by atoms with Gasteiger partial charge in [-0.3, -0.25) is 9.91 Å². The minimum atomic E-state index is 0.643. The molecule has 3 aromatic carbocycles. The highest BCUT2D eigenvalue weighted by atomic mass is 35.5. The van der Waals surface area contributed by atoms with E-state index in [1.807, 2.05) is 36.4 Å². The van der Waals surface area contributed by atoms with Gasteiger partial charge in [-0.2, -0.15) is 5.10 Å². The number of allylic oxidation sites excluding steroid dienone is 1. The van der Waals surface area contributed by atoms with Gasteiger partial charge in [0.25, 0.3) is 0 Å². The molecule has 1 aliphatic heterocycles. The number of piperazine rings is 1. The predicted octanol–water partition coefficient (Wildman–Crippen LogP) is 5.22. The molecule has 0 amide bonds. The lowest BCUT2D eigenvalue weighted by molar-refractivity contribution is 0.131. The summed E-state index contributed by atoms with van der Waals surface area (Å²) in [5.74, 6) is 0. The summed E-state index contributed by atoms with van der Waals surface area (Å²) in [6.07, 6.45) is 3.68. The fourth-order valence-corrected chi connectivity index (χ4v) is 3.73. The second kappa shape index (κ2) is 9.05. The number of hydrogen-bond donors (Lipinski definition) is 0. The molecule has 3 nitrogen and oxygen atoms in total. The van der Waals surface area contributed by atoms with E-state index < -0.39 is 0 Å². The number of benzene rings is 3. The van der Waals surface area contributed by atoms with Gasteiger partial charge in [0.15, 0.2) is 0 Å². The van der Waals surface area contributed by atoms with Crippen LogP contribution in [0.2, 0.25) is 0 Å². The lowest BCUT2D eigenvalue weighted by Crippen LogP contribution is -2.43. The average Bonchev–Trinajstić information content (AvgIpc) is 2.74. The van der Waals surface area contributed by atoms with Crippen molar-refractivity contribution in [2.75, 3.05) is 26.2 Å². The Hall–Kier alpha value is -2.62. The first-order valence-electron chi connectivity index (χ1n) is 9.68. The maximum absolute atomic E-state index is 6.30. The van der Waals surface area contributed by atoms with Gasteiger partial charge in [0, 0.05) is 32.7 Å². The Bertz CT molecular complexity index is 968. The first-order valence-corrected chi connectivity index (χ1v) is 10.1. The highest BCUT2D eigenvalue weighted by molar-refractivity contribution is 6.41. The van der Waals surface area contributed by atoms with Crippen molar-refractivity contribution in [1.29, 1.82) is 0 Å². The molecule has 142 valence electrons. The molecule has 4 rings (SSSR count). The number of nitrogens with zero attached hydrogens (tertiary/aromatic N) is 3. The molecule has 1 aliphatic rings. The molecule has 0 bridgehead atoms. The van der Waals surface area contributed by atoms with Gasteiger partial charge in [-0.05, 0) is 28.0 Å². The van der Waals surface area contributed by atoms with Crippen LogP contribution in [0.25, 0.3) is 16.8 Å². The van der Waals surface area contributed by atoms with Crippen LogP contribution in [0.15, 0.2) is 82.9 Å². The zero-order valence-electron chi connectivity index (χ0n) is 15.8. The van der Waals surface area contributed by atoms with Crippen molar-refractivity contribution in [2.24, 2.45) is 5.10 Å². The molecule has 1 fully saturated rings. The standard InChI is InChI=1S/C24H24ClN3/c25-23(17-20-7-2-1-3-8-20)18-26-28-15-13-27(14-16-28)19-22-11-6-10-21-9-4-5-12-24(21)22/h1-12,17-18H,13-16,19H2/b23-17+,26-18+. The van der Waals surface area contributed by atoms with Gasteiger partial charge in [-0.1, -0.05) is 84.4 Å². The summed E-state index contributed by atoms with van der Waals surface area (Å²) < 4.78 is 0. The van der Waals surface area contributed by atoms with Gasteiger partial charge < -0.3 is 0 Å². The summed E-state index contributed by atoms with van der Waals surface area (Å²) in [4.78, 5) is 2.50. The molecular formula is C24H24ClN3. The van der Waals surface area contributed by atoms with Crippen LogP contribution < -0.4 is 0 Å². The monoisotopic (exact) mass is 389 g/mol. The van der Waals surface area contributed by atoms with Crippen molar-refractivity contribution >= 4 is 34.7 Å². The number of halogens is 1. The maximum atomic E-state index is 6.30. The first kappa shape index (κ1) is 18.7. The third-order valence-electron chi connectivity index (χ3n) is 5.07. The smallest absolute Gasteiger partial charge is 0.0657 e. The van der Waals surface area contributed by atoms with Crippen LogP contribution in [0, 0.1) is 0 Å². The van der Waals surface area contributed by atoms with Crippen LogP contribution in [-0.2, 0) is 6.54 Å². The van der Waals surface area contributed by atoms with Gasteiger partial charge in [-0.25, -0.2) is 0 Å². The van der Waals surface area contributed by atoms with E-state index in [2.05, 4.69) is 57.5 Å². The van der Waals surface area contributed by atoms with Crippen molar-refractivity contribution < 1.29 is 0 Å². The topological polar surface area (TPSA) is 18.8 Å². The second-order valence-electron chi connectivity index (χ2n) is 7.05. The fourth-order valence-electron chi connectivity index (χ4n) is 3.56. The Balaban J connectivity index is 1.33. The number of hydrazone groups is 1. The van der Waals surface area contributed by atoms with Gasteiger partial charge in [-0.15, -0.1) is 0 Å². The van der Waals surface area contributed by atoms with Crippen molar-refractivity contribution in [3.8, 4) is 0 Å². The lowest BCUT2D eigenvalue weighted by Gasteiger charge is -2.33. The van der Waals surface area contributed by atoms with E-state index in [1.54, 1.807) is 6.21 Å². The van der Waals surface area contributed by atoms with Crippen LogP contribution >= 0.6 is 11.6 Å². The Morgan fingerprint density at radius 1 is 0.857 bits per heavy atom. The van der Waals surface area contributed by atoms with Gasteiger partial charge in [0.1, 0.15) is 0 Å². The largest absolute Gasteiger partial charge is 0.295 e. The van der Waals surface area contributed by atoms with Crippen molar-refractivity contribution in [2.45, 2.75) is 6.54 Å². The molecule has 0 radical (unpaired) electrons. The summed E-state index contributed by atoms with van der Waals surface area (Å²) in [6.45, 7) is 4.81. The Morgan fingerprint density at radius 3 is 2.39 bits per heavy atom. The van der Waals surface area contributed by atoms with Crippen LogP contribution in [0.5, 0.6) is 0 Å². The van der Waals surface area contributed by atoms with E-state index in [1.165, 1.54) is 16.3 Å². The Labute approximate surface area is 171 Å². The first-order chi connectivity index (χ1) is 13.8. The Morgan fingerprint density at radius 2 is 1.57 bits per heavy atom. The molecule has 0 aliphatic carbocycles. The summed E-state index contributed by atoms with van der Waals surface area (Å²) in [7, 11) is 0. The van der Waals surface area contributed by atoms with E-state index >= 15 is 0 Å². The lowest BCUT2D eigenvalue weighted by atomic mass is 10.0. The molecule has 0 spiro atoms. The molecule has 28 heavy (non-hydrogen) atoms. The summed E-state index contributed by atoms with van der Waals surface area (Å²) in [5.41, 5.74) is 2.47. The molecule has 3 aromatic rings. The zero-order chi connectivity index (χ0) is 19.2. The van der Waals surface area contributed by atoms with Crippen molar-refractivity contribution in [3.63, 3.8) is 0 Å². The van der Waals surface area contributed by atoms with E-state index in [9.17, 15) is 0 Å². The number of fused-ring (bicyclic) bond motifs is 1. The molecule has 4 heteroatoms. The van der Waals surface area contributed by atoms with Crippen molar-refractivity contribution in [3.05, 3.63) is 89.0 Å².